The quantitative estimate of drug-likeness (QED) is 0.385. The van der Waals surface area contributed by atoms with Crippen molar-refractivity contribution >= 4 is 24.2 Å². The molecule has 2 aromatic carbocycles. The number of alkyl halides is 1. The number of anilines is 1. The molecule has 0 amide bonds. The number of H-pyrrole nitrogens is 1. The number of rotatable bonds is 8. The highest BCUT2D eigenvalue weighted by atomic mass is 19.1. The summed E-state index contributed by atoms with van der Waals surface area (Å²) in [5.41, 5.74) is 4.68. The summed E-state index contributed by atoms with van der Waals surface area (Å²) in [4.78, 5) is 13.0. The molecule has 10 heteroatoms. The van der Waals surface area contributed by atoms with Crippen molar-refractivity contribution in [2.45, 2.75) is 31.7 Å². The van der Waals surface area contributed by atoms with E-state index in [2.05, 4.69) is 55.9 Å². The fraction of sp³-hybridized carbons (Fsp3) is 0.412. The Bertz CT molecular complexity index is 1670. The summed E-state index contributed by atoms with van der Waals surface area (Å²) in [7, 11) is 1.71. The molecule has 3 fully saturated rings. The van der Waals surface area contributed by atoms with E-state index < -0.39 is 12.3 Å². The number of aromatic nitrogens is 1. The van der Waals surface area contributed by atoms with Crippen molar-refractivity contribution in [1.82, 2.24) is 15.2 Å². The first-order chi connectivity index (χ1) is 21.5. The Hall–Kier alpha value is -4.17. The maximum absolute atomic E-state index is 14.4. The average Bonchev–Trinajstić information content (AvgIpc) is 3.41. The molecule has 2 N–H and O–H groups in total. The summed E-state index contributed by atoms with van der Waals surface area (Å²) in [6, 6.07) is 16.4. The van der Waals surface area contributed by atoms with E-state index >= 15 is 0 Å². The Morgan fingerprint density at radius 2 is 1.95 bits per heavy atom. The molecule has 0 radical (unpaired) electrons. The normalized spacial score (nSPS) is 22.0. The number of piperazine rings is 1. The summed E-state index contributed by atoms with van der Waals surface area (Å²) in [6.07, 6.45) is 0.552. The molecule has 0 aliphatic carbocycles. The van der Waals surface area contributed by atoms with Crippen molar-refractivity contribution in [3.05, 3.63) is 64.2 Å². The van der Waals surface area contributed by atoms with Gasteiger partial charge in [-0.25, -0.2) is 4.39 Å². The Morgan fingerprint density at radius 3 is 2.64 bits per heavy atom. The van der Waals surface area contributed by atoms with Gasteiger partial charge in [0.25, 0.3) is 0 Å². The van der Waals surface area contributed by atoms with Gasteiger partial charge in [0, 0.05) is 66.3 Å². The number of benzene rings is 2. The first kappa shape index (κ1) is 29.9. The van der Waals surface area contributed by atoms with Crippen LogP contribution in [-0.2, 0) is 4.74 Å². The molecule has 0 unspecified atom stereocenters. The lowest BCUT2D eigenvalue weighted by Gasteiger charge is -2.43. The predicted octanol–water partition coefficient (Wildman–Crippen LogP) is 2.82. The zero-order chi connectivity index (χ0) is 30.6. The molecule has 9 nitrogen and oxygen atoms in total. The maximum atomic E-state index is 14.4. The molecule has 3 aliphatic rings. The van der Waals surface area contributed by atoms with Gasteiger partial charge in [-0.05, 0) is 56.3 Å². The number of piperidine rings is 1. The van der Waals surface area contributed by atoms with Crippen LogP contribution in [0.1, 0.15) is 24.5 Å². The van der Waals surface area contributed by atoms with Gasteiger partial charge < -0.3 is 29.4 Å². The highest BCUT2D eigenvalue weighted by Crippen LogP contribution is 2.34. The number of hydrogen-bond acceptors (Lipinski definition) is 8. The largest absolute Gasteiger partial charge is 0.495 e. The fourth-order valence-electron chi connectivity index (χ4n) is 6.12. The predicted molar refractivity (Wildman–Crippen MR) is 171 cm³/mol. The summed E-state index contributed by atoms with van der Waals surface area (Å²) < 4.78 is 31.6. The van der Waals surface area contributed by atoms with Crippen molar-refractivity contribution in [3.63, 3.8) is 0 Å². The van der Waals surface area contributed by atoms with E-state index in [1.165, 1.54) is 0 Å². The van der Waals surface area contributed by atoms with Crippen LogP contribution in [0, 0.1) is 11.3 Å². The van der Waals surface area contributed by atoms with Crippen LogP contribution in [0.4, 0.5) is 10.1 Å². The second kappa shape index (κ2) is 13.2. The summed E-state index contributed by atoms with van der Waals surface area (Å²) >= 11 is 0. The lowest BCUT2D eigenvalue weighted by Crippen LogP contribution is -2.56. The van der Waals surface area contributed by atoms with E-state index in [0.717, 1.165) is 72.9 Å². The number of methoxy groups -OCH3 is 1. The number of ether oxygens (including phenoxy) is 3. The van der Waals surface area contributed by atoms with E-state index in [1.54, 1.807) is 25.5 Å². The molecule has 0 bridgehead atoms. The van der Waals surface area contributed by atoms with Gasteiger partial charge in [-0.2, -0.15) is 5.26 Å². The van der Waals surface area contributed by atoms with Crippen LogP contribution in [0.15, 0.2) is 47.5 Å². The van der Waals surface area contributed by atoms with Gasteiger partial charge in [-0.1, -0.05) is 12.6 Å². The smallest absolute Gasteiger partial charge is 0.149 e. The van der Waals surface area contributed by atoms with Crippen LogP contribution < -0.4 is 30.3 Å². The molecule has 3 saturated heterocycles. The fourth-order valence-corrected chi connectivity index (χ4v) is 6.12. The van der Waals surface area contributed by atoms with Crippen molar-refractivity contribution in [2.24, 2.45) is 4.99 Å². The Kier molecular flexibility index (Phi) is 8.98. The van der Waals surface area contributed by atoms with Gasteiger partial charge in [-0.15, -0.1) is 0 Å². The maximum Gasteiger partial charge on any atom is 0.149 e. The Balaban J connectivity index is 1.28. The number of hydrogen-bond donors (Lipinski definition) is 2. The van der Waals surface area contributed by atoms with Gasteiger partial charge in [0.1, 0.15) is 29.8 Å². The second-order valence-corrected chi connectivity index (χ2v) is 11.4. The van der Waals surface area contributed by atoms with Crippen molar-refractivity contribution < 1.29 is 18.6 Å². The van der Waals surface area contributed by atoms with Crippen LogP contribution in [0.25, 0.3) is 23.5 Å². The van der Waals surface area contributed by atoms with Crippen molar-refractivity contribution in [1.29, 1.82) is 5.26 Å². The first-order valence-electron chi connectivity index (χ1n) is 15.2. The zero-order valence-corrected chi connectivity index (χ0v) is 25.3. The Morgan fingerprint density at radius 1 is 1.14 bits per heavy atom. The van der Waals surface area contributed by atoms with E-state index in [1.807, 2.05) is 19.1 Å². The third-order valence-electron chi connectivity index (χ3n) is 8.70. The van der Waals surface area contributed by atoms with Gasteiger partial charge in [0.05, 0.1) is 43.3 Å². The van der Waals surface area contributed by atoms with E-state index in [4.69, 9.17) is 14.2 Å². The molecular formula is C34H39FN6O3. The zero-order valence-electron chi connectivity index (χ0n) is 25.3. The number of halogens is 1. The molecule has 230 valence electrons. The van der Waals surface area contributed by atoms with Gasteiger partial charge in [-0.3, -0.25) is 9.89 Å². The molecular weight excluding hydrogens is 559 g/mol. The molecule has 3 aliphatic heterocycles. The third-order valence-corrected chi connectivity index (χ3v) is 8.70. The standard InChI is InChI=1S/C34H39FN6O3/c1-4-38-34(24-6-8-31(25(15-24)18-36)44-32-9-10-37-19-28(32)35)27-17-29(39-22(27)2)23-5-7-30(33(16-23)42-3)41-13-11-40(12-14-41)26-20-43-21-26/h4-8,15-17,26,28,32,37,39H,2,9-14,19-21H2,1,3H3/b34-27-,38-4?/t28-,32+/m1/s1. The van der Waals surface area contributed by atoms with Crippen LogP contribution in [0.3, 0.4) is 0 Å². The minimum atomic E-state index is -1.13. The van der Waals surface area contributed by atoms with Crippen molar-refractivity contribution in [3.8, 4) is 28.8 Å². The SMILES string of the molecule is C=c1[nH]c(-c2ccc(N3CCN(C4COC4)CC3)c(OC)c2)c/c1=C(/N=CC)c1ccc(O[C@H]2CCNC[C@H]2F)c(C#N)c1. The van der Waals surface area contributed by atoms with Gasteiger partial charge in [0.15, 0.2) is 0 Å². The van der Waals surface area contributed by atoms with Gasteiger partial charge in [0.2, 0.25) is 0 Å². The lowest BCUT2D eigenvalue weighted by molar-refractivity contribution is -0.0660. The Labute approximate surface area is 257 Å². The molecule has 44 heavy (non-hydrogen) atoms. The molecule has 0 spiro atoms. The lowest BCUT2D eigenvalue weighted by atomic mass is 10.0. The number of aliphatic imine (C=N–C) groups is 1. The average molecular weight is 599 g/mol. The van der Waals surface area contributed by atoms with E-state index in [0.29, 0.717) is 41.4 Å². The highest BCUT2D eigenvalue weighted by Gasteiger charge is 2.30. The van der Waals surface area contributed by atoms with Crippen molar-refractivity contribution in [2.75, 3.05) is 64.5 Å². The van der Waals surface area contributed by atoms with Crippen LogP contribution >= 0.6 is 0 Å². The molecule has 4 heterocycles. The van der Waals surface area contributed by atoms with E-state index in [9.17, 15) is 9.65 Å². The van der Waals surface area contributed by atoms with E-state index in [-0.39, 0.29) is 6.54 Å². The summed E-state index contributed by atoms with van der Waals surface area (Å²) in [5.74, 6) is 1.19. The third kappa shape index (κ3) is 6.09. The summed E-state index contributed by atoms with van der Waals surface area (Å²) in [5, 5.41) is 14.5. The van der Waals surface area contributed by atoms with Crippen LogP contribution in [0.5, 0.6) is 11.5 Å². The number of nitrogens with one attached hydrogen (secondary N) is 2. The van der Waals surface area contributed by atoms with Crippen LogP contribution in [0.2, 0.25) is 0 Å². The van der Waals surface area contributed by atoms with Gasteiger partial charge >= 0.3 is 0 Å². The molecule has 1 aromatic heterocycles. The minimum absolute atomic E-state index is 0.248. The molecule has 3 aromatic rings. The second-order valence-electron chi connectivity index (χ2n) is 11.4. The minimum Gasteiger partial charge on any atom is -0.495 e. The number of nitrogens with zero attached hydrogens (tertiary/aromatic N) is 4. The highest BCUT2D eigenvalue weighted by molar-refractivity contribution is 5.76. The summed E-state index contributed by atoms with van der Waals surface area (Å²) in [6.45, 7) is 12.6. The van der Waals surface area contributed by atoms with Crippen LogP contribution in [-0.4, -0.2) is 94.0 Å². The molecule has 0 saturated carbocycles. The molecule has 6 rings (SSSR count). The number of aromatic amines is 1. The topological polar surface area (TPSA) is 98.1 Å². The molecule has 2 atom stereocenters. The first-order valence-corrected chi connectivity index (χ1v) is 15.2. The number of nitriles is 1. The monoisotopic (exact) mass is 598 g/mol.